The molecule has 0 unspecified atom stereocenters. The Morgan fingerprint density at radius 3 is 2.90 bits per heavy atom. The Hall–Kier alpha value is -4.27. The quantitative estimate of drug-likeness (QED) is 0.465. The molecule has 1 amide bonds. The first-order chi connectivity index (χ1) is 14.7. The van der Waals surface area contributed by atoms with E-state index in [1.807, 2.05) is 30.3 Å². The number of carbonyl (C=O) groups excluding carboxylic acids is 1. The number of rotatable bonds is 5. The molecule has 4 aromatic heterocycles. The zero-order chi connectivity index (χ0) is 20.5. The Labute approximate surface area is 170 Å². The van der Waals surface area contributed by atoms with Gasteiger partial charge in [-0.15, -0.1) is 0 Å². The number of aromatic amines is 1. The molecule has 1 aromatic carbocycles. The molecule has 9 heteroatoms. The maximum Gasteiger partial charge on any atom is 0.232 e. The number of anilines is 3. The van der Waals surface area contributed by atoms with Crippen molar-refractivity contribution in [3.8, 4) is 0 Å². The van der Waals surface area contributed by atoms with E-state index < -0.39 is 0 Å². The van der Waals surface area contributed by atoms with E-state index in [-0.39, 0.29) is 12.3 Å². The summed E-state index contributed by atoms with van der Waals surface area (Å²) in [5, 5.41) is 15.3. The van der Waals surface area contributed by atoms with Crippen LogP contribution < -0.4 is 10.2 Å². The Bertz CT molecular complexity index is 1340. The van der Waals surface area contributed by atoms with Crippen molar-refractivity contribution in [2.75, 3.05) is 17.3 Å². The Morgan fingerprint density at radius 2 is 2.03 bits per heavy atom. The summed E-state index contributed by atoms with van der Waals surface area (Å²) < 4.78 is 5.47. The van der Waals surface area contributed by atoms with E-state index in [2.05, 4.69) is 30.6 Å². The molecule has 0 spiro atoms. The lowest BCUT2D eigenvalue weighted by molar-refractivity contribution is -0.117. The van der Waals surface area contributed by atoms with Gasteiger partial charge in [-0.3, -0.25) is 19.9 Å². The Balaban J connectivity index is 1.37. The SMILES string of the molecule is CN(C(=O)Cc1noc2cc(Nc3n[nH]c4cccnc34)ccc12)c1ccncc1. The molecule has 0 radical (unpaired) electrons. The van der Waals surface area contributed by atoms with Gasteiger partial charge in [0.1, 0.15) is 11.2 Å². The molecule has 9 nitrogen and oxygen atoms in total. The van der Waals surface area contributed by atoms with E-state index in [0.717, 1.165) is 27.8 Å². The lowest BCUT2D eigenvalue weighted by atomic mass is 10.1. The number of hydrogen-bond acceptors (Lipinski definition) is 7. The van der Waals surface area contributed by atoms with E-state index in [9.17, 15) is 4.79 Å². The van der Waals surface area contributed by atoms with Gasteiger partial charge in [-0.2, -0.15) is 5.10 Å². The second-order valence-corrected chi connectivity index (χ2v) is 6.77. The summed E-state index contributed by atoms with van der Waals surface area (Å²) in [7, 11) is 1.73. The van der Waals surface area contributed by atoms with Crippen LogP contribution in [0.1, 0.15) is 5.69 Å². The number of H-pyrrole nitrogens is 1. The van der Waals surface area contributed by atoms with Crippen LogP contribution in [-0.4, -0.2) is 38.3 Å². The predicted octanol–water partition coefficient (Wildman–Crippen LogP) is 3.44. The smallest absolute Gasteiger partial charge is 0.232 e. The summed E-state index contributed by atoms with van der Waals surface area (Å²) in [5.74, 6) is 0.534. The van der Waals surface area contributed by atoms with Gasteiger partial charge in [0.15, 0.2) is 11.4 Å². The molecule has 0 bridgehead atoms. The van der Waals surface area contributed by atoms with E-state index in [1.165, 1.54) is 0 Å². The van der Waals surface area contributed by atoms with Crippen molar-refractivity contribution < 1.29 is 9.32 Å². The van der Waals surface area contributed by atoms with Crippen LogP contribution in [0.2, 0.25) is 0 Å². The molecule has 0 fully saturated rings. The van der Waals surface area contributed by atoms with Crippen LogP contribution in [0.5, 0.6) is 0 Å². The topological polar surface area (TPSA) is 113 Å². The highest BCUT2D eigenvalue weighted by Gasteiger charge is 2.17. The largest absolute Gasteiger partial charge is 0.356 e. The first kappa shape index (κ1) is 17.8. The molecular formula is C21H17N7O2. The molecule has 0 saturated heterocycles. The molecule has 4 heterocycles. The molecule has 0 aliphatic rings. The van der Waals surface area contributed by atoms with Crippen LogP contribution in [0.3, 0.4) is 0 Å². The third-order valence-electron chi connectivity index (χ3n) is 4.87. The minimum Gasteiger partial charge on any atom is -0.356 e. The molecular weight excluding hydrogens is 382 g/mol. The highest BCUT2D eigenvalue weighted by molar-refractivity contribution is 5.96. The normalized spacial score (nSPS) is 11.1. The van der Waals surface area contributed by atoms with Gasteiger partial charge >= 0.3 is 0 Å². The van der Waals surface area contributed by atoms with Crippen LogP contribution in [0.4, 0.5) is 17.2 Å². The average Bonchev–Trinajstić information content (AvgIpc) is 3.38. The van der Waals surface area contributed by atoms with Gasteiger partial charge in [-0.05, 0) is 36.4 Å². The summed E-state index contributed by atoms with van der Waals surface area (Å²) in [6, 6.07) is 12.9. The van der Waals surface area contributed by atoms with Crippen molar-refractivity contribution in [2.45, 2.75) is 6.42 Å². The predicted molar refractivity (Wildman–Crippen MR) is 113 cm³/mol. The number of benzene rings is 1. The van der Waals surface area contributed by atoms with Crippen molar-refractivity contribution in [3.05, 3.63) is 66.7 Å². The summed E-state index contributed by atoms with van der Waals surface area (Å²) in [4.78, 5) is 22.5. The molecule has 30 heavy (non-hydrogen) atoms. The number of nitrogens with zero attached hydrogens (tertiary/aromatic N) is 5. The zero-order valence-electron chi connectivity index (χ0n) is 16.0. The third-order valence-corrected chi connectivity index (χ3v) is 4.87. The van der Waals surface area contributed by atoms with Gasteiger partial charge in [-0.1, -0.05) is 5.16 Å². The number of fused-ring (bicyclic) bond motifs is 2. The second-order valence-electron chi connectivity index (χ2n) is 6.77. The van der Waals surface area contributed by atoms with Gasteiger partial charge in [0.25, 0.3) is 0 Å². The number of likely N-dealkylation sites (N-methyl/N-ethyl adjacent to an activating group) is 1. The molecule has 0 saturated carbocycles. The van der Waals surface area contributed by atoms with Gasteiger partial charge < -0.3 is 14.7 Å². The second kappa shape index (κ2) is 7.28. The number of amides is 1. The lowest BCUT2D eigenvalue weighted by Gasteiger charge is -2.16. The van der Waals surface area contributed by atoms with Crippen LogP contribution in [0.15, 0.2) is 65.6 Å². The van der Waals surface area contributed by atoms with Crippen molar-refractivity contribution in [1.29, 1.82) is 0 Å². The number of carbonyl (C=O) groups is 1. The number of nitrogens with one attached hydrogen (secondary N) is 2. The van der Waals surface area contributed by atoms with Crippen molar-refractivity contribution in [1.82, 2.24) is 25.3 Å². The lowest BCUT2D eigenvalue weighted by Crippen LogP contribution is -2.27. The monoisotopic (exact) mass is 399 g/mol. The fraction of sp³-hybridized carbons (Fsp3) is 0.0952. The maximum absolute atomic E-state index is 12.7. The van der Waals surface area contributed by atoms with E-state index in [4.69, 9.17) is 4.52 Å². The molecule has 5 aromatic rings. The van der Waals surface area contributed by atoms with Gasteiger partial charge in [0.05, 0.1) is 11.9 Å². The van der Waals surface area contributed by atoms with Gasteiger partial charge in [0.2, 0.25) is 5.91 Å². The minimum atomic E-state index is -0.0901. The maximum atomic E-state index is 12.7. The van der Waals surface area contributed by atoms with Crippen molar-refractivity contribution in [3.63, 3.8) is 0 Å². The van der Waals surface area contributed by atoms with E-state index >= 15 is 0 Å². The summed E-state index contributed by atoms with van der Waals surface area (Å²) in [6.07, 6.45) is 5.15. The van der Waals surface area contributed by atoms with Crippen molar-refractivity contribution in [2.24, 2.45) is 0 Å². The zero-order valence-corrected chi connectivity index (χ0v) is 16.0. The van der Waals surface area contributed by atoms with E-state index in [0.29, 0.717) is 17.1 Å². The highest BCUT2D eigenvalue weighted by atomic mass is 16.5. The third kappa shape index (κ3) is 3.22. The average molecular weight is 399 g/mol. The first-order valence-corrected chi connectivity index (χ1v) is 9.30. The van der Waals surface area contributed by atoms with Crippen LogP contribution >= 0.6 is 0 Å². The van der Waals surface area contributed by atoms with Gasteiger partial charge in [-0.25, -0.2) is 0 Å². The molecule has 148 valence electrons. The molecule has 0 aliphatic carbocycles. The highest BCUT2D eigenvalue weighted by Crippen LogP contribution is 2.27. The van der Waals surface area contributed by atoms with Gasteiger partial charge in [0, 0.05) is 48.5 Å². The van der Waals surface area contributed by atoms with Crippen LogP contribution in [-0.2, 0) is 11.2 Å². The molecule has 0 atom stereocenters. The molecule has 2 N–H and O–H groups in total. The first-order valence-electron chi connectivity index (χ1n) is 9.30. The summed E-state index contributed by atoms with van der Waals surface area (Å²) in [6.45, 7) is 0. The summed E-state index contributed by atoms with van der Waals surface area (Å²) in [5.41, 5.74) is 4.33. The summed E-state index contributed by atoms with van der Waals surface area (Å²) >= 11 is 0. The standard InChI is InChI=1S/C21H17N7O2/c1-28(14-6-9-22-10-7-14)19(29)12-17-15-5-4-13(11-18(15)30-27-17)24-21-20-16(25-26-21)3-2-8-23-20/h2-11H,12H2,1H3,(H2,24,25,26). The van der Waals surface area contributed by atoms with Crippen LogP contribution in [0, 0.1) is 0 Å². The fourth-order valence-electron chi connectivity index (χ4n) is 3.25. The molecule has 0 aliphatic heterocycles. The van der Waals surface area contributed by atoms with Crippen molar-refractivity contribution >= 4 is 45.1 Å². The van der Waals surface area contributed by atoms with E-state index in [1.54, 1.807) is 42.7 Å². The number of hydrogen-bond donors (Lipinski definition) is 2. The fourth-order valence-corrected chi connectivity index (χ4v) is 3.25. The Morgan fingerprint density at radius 1 is 1.17 bits per heavy atom. The van der Waals surface area contributed by atoms with Crippen LogP contribution in [0.25, 0.3) is 22.0 Å². The number of pyridine rings is 2. The molecule has 5 rings (SSSR count). The number of aromatic nitrogens is 5. The minimum absolute atomic E-state index is 0.0901. The Kier molecular flexibility index (Phi) is 4.32.